The second-order valence-electron chi connectivity index (χ2n) is 5.07. The first-order valence-electron chi connectivity index (χ1n) is 6.67. The van der Waals surface area contributed by atoms with E-state index in [-0.39, 0.29) is 11.8 Å². The molecule has 0 radical (unpaired) electrons. The van der Waals surface area contributed by atoms with Gasteiger partial charge in [0.2, 0.25) is 11.8 Å². The van der Waals surface area contributed by atoms with Crippen LogP contribution in [0.25, 0.3) is 0 Å². The average molecular weight is 260 g/mol. The van der Waals surface area contributed by atoms with E-state index in [9.17, 15) is 9.59 Å². The molecule has 0 saturated carbocycles. The molecule has 1 fully saturated rings. The lowest BCUT2D eigenvalue weighted by atomic mass is 10.0. The summed E-state index contributed by atoms with van der Waals surface area (Å²) in [4.78, 5) is 26.1. The summed E-state index contributed by atoms with van der Waals surface area (Å²) in [5, 5.41) is 2.77. The van der Waals surface area contributed by atoms with Crippen molar-refractivity contribution < 1.29 is 9.59 Å². The van der Waals surface area contributed by atoms with Crippen LogP contribution in [0.1, 0.15) is 31.4 Å². The molecule has 2 amide bonds. The van der Waals surface area contributed by atoms with Crippen LogP contribution >= 0.6 is 0 Å². The molecular formula is C15H20N2O2. The first-order chi connectivity index (χ1) is 8.97. The van der Waals surface area contributed by atoms with Crippen molar-refractivity contribution in [3.63, 3.8) is 0 Å². The molecule has 1 heterocycles. The van der Waals surface area contributed by atoms with Crippen LogP contribution in [-0.2, 0) is 9.59 Å². The fraction of sp³-hybridized carbons (Fsp3) is 0.467. The molecule has 1 N–H and O–H groups in total. The van der Waals surface area contributed by atoms with Crippen molar-refractivity contribution in [1.29, 1.82) is 0 Å². The predicted molar refractivity (Wildman–Crippen MR) is 75.1 cm³/mol. The maximum atomic E-state index is 12.5. The molecule has 1 aromatic carbocycles. The fourth-order valence-corrected chi connectivity index (χ4v) is 2.43. The maximum absolute atomic E-state index is 12.5. The molecule has 2 rings (SSSR count). The Labute approximate surface area is 113 Å². The minimum atomic E-state index is -0.462. The molecule has 4 nitrogen and oxygen atoms in total. The third-order valence-electron chi connectivity index (χ3n) is 3.86. The number of rotatable bonds is 2. The summed E-state index contributed by atoms with van der Waals surface area (Å²) >= 11 is 0. The van der Waals surface area contributed by atoms with E-state index in [0.717, 1.165) is 16.8 Å². The monoisotopic (exact) mass is 260 g/mol. The summed E-state index contributed by atoms with van der Waals surface area (Å²) in [7, 11) is 0. The van der Waals surface area contributed by atoms with Crippen LogP contribution in [0.2, 0.25) is 0 Å². The van der Waals surface area contributed by atoms with Crippen LogP contribution < -0.4 is 10.2 Å². The molecule has 1 saturated heterocycles. The van der Waals surface area contributed by atoms with E-state index in [0.29, 0.717) is 6.42 Å². The minimum Gasteiger partial charge on any atom is -0.343 e. The van der Waals surface area contributed by atoms with Gasteiger partial charge in [0.05, 0.1) is 0 Å². The largest absolute Gasteiger partial charge is 0.343 e. The molecule has 0 aromatic heterocycles. The van der Waals surface area contributed by atoms with Gasteiger partial charge in [-0.25, -0.2) is 0 Å². The third kappa shape index (κ3) is 2.23. The molecule has 1 aliphatic heterocycles. The number of benzene rings is 1. The van der Waals surface area contributed by atoms with Crippen LogP contribution in [0.15, 0.2) is 18.2 Å². The Hall–Kier alpha value is -1.84. The second kappa shape index (κ2) is 5.03. The Bertz CT molecular complexity index is 525. The molecule has 0 spiro atoms. The van der Waals surface area contributed by atoms with E-state index in [2.05, 4.69) is 5.32 Å². The molecule has 102 valence electrons. The van der Waals surface area contributed by atoms with Crippen molar-refractivity contribution in [2.75, 3.05) is 4.90 Å². The highest BCUT2D eigenvalue weighted by Gasteiger charge is 2.38. The highest BCUT2D eigenvalue weighted by molar-refractivity contribution is 6.08. The van der Waals surface area contributed by atoms with Crippen molar-refractivity contribution in [2.24, 2.45) is 0 Å². The number of anilines is 1. The van der Waals surface area contributed by atoms with Crippen molar-refractivity contribution in [3.05, 3.63) is 29.3 Å². The topological polar surface area (TPSA) is 49.4 Å². The molecule has 0 bridgehead atoms. The Kier molecular flexibility index (Phi) is 3.60. The lowest BCUT2D eigenvalue weighted by Crippen LogP contribution is -2.62. The van der Waals surface area contributed by atoms with Gasteiger partial charge in [-0.15, -0.1) is 0 Å². The highest BCUT2D eigenvalue weighted by Crippen LogP contribution is 2.27. The summed E-state index contributed by atoms with van der Waals surface area (Å²) in [5.41, 5.74) is 3.01. The van der Waals surface area contributed by atoms with Crippen LogP contribution in [0.3, 0.4) is 0 Å². The summed E-state index contributed by atoms with van der Waals surface area (Å²) in [6.45, 7) is 7.66. The number of nitrogens with one attached hydrogen (secondary N) is 1. The normalized spacial score (nSPS) is 23.5. The van der Waals surface area contributed by atoms with Crippen molar-refractivity contribution in [3.8, 4) is 0 Å². The maximum Gasteiger partial charge on any atom is 0.250 e. The summed E-state index contributed by atoms with van der Waals surface area (Å²) in [5.74, 6) is -0.115. The zero-order valence-electron chi connectivity index (χ0n) is 11.9. The Morgan fingerprint density at radius 1 is 1.26 bits per heavy atom. The number of carbonyl (C=O) groups excluding carboxylic acids is 2. The molecule has 0 aliphatic carbocycles. The van der Waals surface area contributed by atoms with Gasteiger partial charge in [-0.3, -0.25) is 14.5 Å². The van der Waals surface area contributed by atoms with Crippen LogP contribution in [0.4, 0.5) is 5.69 Å². The second-order valence-corrected chi connectivity index (χ2v) is 5.07. The van der Waals surface area contributed by atoms with Crippen LogP contribution in [0, 0.1) is 13.8 Å². The predicted octanol–water partition coefficient (Wildman–Crippen LogP) is 1.93. The molecule has 2 unspecified atom stereocenters. The first-order valence-corrected chi connectivity index (χ1v) is 6.67. The fourth-order valence-electron chi connectivity index (χ4n) is 2.43. The Morgan fingerprint density at radius 2 is 1.95 bits per heavy atom. The standard InChI is InChI=1S/C15H20N2O2/c1-5-12-15(19)17(11(4)14(18)16-12)13-8-6-7-9(2)10(13)3/h6-8,11-12H,5H2,1-4H3,(H,16,18). The van der Waals surface area contributed by atoms with E-state index >= 15 is 0 Å². The molecule has 2 atom stereocenters. The molecular weight excluding hydrogens is 240 g/mol. The summed E-state index contributed by atoms with van der Waals surface area (Å²) in [6.07, 6.45) is 0.610. The number of nitrogens with zero attached hydrogens (tertiary/aromatic N) is 1. The number of amides is 2. The lowest BCUT2D eigenvalue weighted by Gasteiger charge is -2.38. The molecule has 1 aliphatic rings. The highest BCUT2D eigenvalue weighted by atomic mass is 16.2. The van der Waals surface area contributed by atoms with Gasteiger partial charge < -0.3 is 5.32 Å². The zero-order chi connectivity index (χ0) is 14.2. The van der Waals surface area contributed by atoms with Crippen LogP contribution in [0.5, 0.6) is 0 Å². The third-order valence-corrected chi connectivity index (χ3v) is 3.86. The van der Waals surface area contributed by atoms with Gasteiger partial charge in [-0.1, -0.05) is 19.1 Å². The number of hydrogen-bond acceptors (Lipinski definition) is 2. The summed E-state index contributed by atoms with van der Waals surface area (Å²) < 4.78 is 0. The Balaban J connectivity index is 2.48. The number of carbonyl (C=O) groups is 2. The van der Waals surface area contributed by atoms with Crippen molar-refractivity contribution in [2.45, 2.75) is 46.2 Å². The van der Waals surface area contributed by atoms with Gasteiger partial charge in [0.1, 0.15) is 12.1 Å². The van der Waals surface area contributed by atoms with E-state index < -0.39 is 12.1 Å². The van der Waals surface area contributed by atoms with Gasteiger partial charge in [-0.2, -0.15) is 0 Å². The average Bonchev–Trinajstić information content (AvgIpc) is 2.39. The van der Waals surface area contributed by atoms with E-state index in [1.807, 2.05) is 39.0 Å². The Morgan fingerprint density at radius 3 is 2.58 bits per heavy atom. The van der Waals surface area contributed by atoms with Gasteiger partial charge in [0.15, 0.2) is 0 Å². The van der Waals surface area contributed by atoms with Crippen LogP contribution in [-0.4, -0.2) is 23.9 Å². The number of aryl methyl sites for hydroxylation is 1. The smallest absolute Gasteiger partial charge is 0.250 e. The number of hydrogen-bond donors (Lipinski definition) is 1. The van der Waals surface area contributed by atoms with E-state index in [1.165, 1.54) is 0 Å². The summed E-state index contributed by atoms with van der Waals surface area (Å²) in [6, 6.07) is 4.96. The van der Waals surface area contributed by atoms with Crippen molar-refractivity contribution in [1.82, 2.24) is 5.32 Å². The van der Waals surface area contributed by atoms with E-state index in [4.69, 9.17) is 0 Å². The van der Waals surface area contributed by atoms with Gasteiger partial charge >= 0.3 is 0 Å². The lowest BCUT2D eigenvalue weighted by molar-refractivity contribution is -0.133. The zero-order valence-corrected chi connectivity index (χ0v) is 11.9. The minimum absolute atomic E-state index is 0.0247. The van der Waals surface area contributed by atoms with Gasteiger partial charge in [0.25, 0.3) is 0 Å². The SMILES string of the molecule is CCC1NC(=O)C(C)N(c2cccc(C)c2C)C1=O. The van der Waals surface area contributed by atoms with Crippen molar-refractivity contribution >= 4 is 17.5 Å². The van der Waals surface area contributed by atoms with Gasteiger partial charge in [-0.05, 0) is 44.4 Å². The van der Waals surface area contributed by atoms with E-state index in [1.54, 1.807) is 11.8 Å². The number of piperazine rings is 1. The molecule has 4 heteroatoms. The molecule has 1 aromatic rings. The quantitative estimate of drug-likeness (QED) is 0.883. The molecule has 19 heavy (non-hydrogen) atoms. The first kappa shape index (κ1) is 13.6. The van der Waals surface area contributed by atoms with Gasteiger partial charge in [0, 0.05) is 5.69 Å².